The van der Waals surface area contributed by atoms with E-state index in [4.69, 9.17) is 22.1 Å². The van der Waals surface area contributed by atoms with Crippen molar-refractivity contribution in [1.29, 1.82) is 0 Å². The number of nitrogens with one attached hydrogen (secondary N) is 1. The fourth-order valence-corrected chi connectivity index (χ4v) is 4.69. The smallest absolute Gasteiger partial charge is 0.436 e. The normalized spacial score (nSPS) is 13.8. The predicted octanol–water partition coefficient (Wildman–Crippen LogP) is 4.11. The lowest BCUT2D eigenvalue weighted by atomic mass is 10.1. The number of ether oxygens (including phenoxy) is 1. The quantitative estimate of drug-likeness (QED) is 0.538. The molecular formula is C19H20ClF3N4O4S. The van der Waals surface area contributed by atoms with E-state index < -0.39 is 34.7 Å². The summed E-state index contributed by atoms with van der Waals surface area (Å²) in [6.07, 6.45) is -3.55. The van der Waals surface area contributed by atoms with Gasteiger partial charge in [-0.1, -0.05) is 11.6 Å². The number of anilines is 1. The highest BCUT2D eigenvalue weighted by Gasteiger charge is 2.42. The van der Waals surface area contributed by atoms with Crippen LogP contribution in [0, 0.1) is 6.92 Å². The zero-order valence-corrected chi connectivity index (χ0v) is 18.7. The van der Waals surface area contributed by atoms with Gasteiger partial charge < -0.3 is 15.8 Å². The summed E-state index contributed by atoms with van der Waals surface area (Å²) in [5, 5.41) is 5.75. The highest BCUT2D eigenvalue weighted by Crippen LogP contribution is 2.47. The molecule has 0 aliphatic heterocycles. The zero-order chi connectivity index (χ0) is 23.8. The Morgan fingerprint density at radius 3 is 2.53 bits per heavy atom. The molecule has 1 saturated carbocycles. The van der Waals surface area contributed by atoms with Crippen molar-refractivity contribution in [3.63, 3.8) is 0 Å². The first-order valence-corrected chi connectivity index (χ1v) is 10.9. The summed E-state index contributed by atoms with van der Waals surface area (Å²) < 4.78 is 45.6. The van der Waals surface area contributed by atoms with Gasteiger partial charge in [-0.2, -0.15) is 18.3 Å². The lowest BCUT2D eigenvalue weighted by Crippen LogP contribution is -2.18. The topological polar surface area (TPSA) is 116 Å². The van der Waals surface area contributed by atoms with E-state index in [1.54, 1.807) is 6.92 Å². The Bertz CT molecular complexity index is 1080. The number of alkyl halides is 3. The van der Waals surface area contributed by atoms with Gasteiger partial charge in [0.15, 0.2) is 5.69 Å². The fourth-order valence-electron chi connectivity index (χ4n) is 3.23. The monoisotopic (exact) mass is 492 g/mol. The van der Waals surface area contributed by atoms with Gasteiger partial charge in [0, 0.05) is 12.3 Å². The number of nitrogens with two attached hydrogens (primary N) is 1. The number of aromatic nitrogens is 2. The molecule has 174 valence electrons. The van der Waals surface area contributed by atoms with Gasteiger partial charge in [-0.3, -0.25) is 14.3 Å². The van der Waals surface area contributed by atoms with Crippen LogP contribution in [0.25, 0.3) is 0 Å². The van der Waals surface area contributed by atoms with Crippen LogP contribution < -0.4 is 11.1 Å². The average Bonchev–Trinajstić information content (AvgIpc) is 3.38. The highest BCUT2D eigenvalue weighted by atomic mass is 35.5. The van der Waals surface area contributed by atoms with E-state index in [0.29, 0.717) is 12.8 Å². The lowest BCUT2D eigenvalue weighted by Gasteiger charge is -2.09. The van der Waals surface area contributed by atoms with Crippen molar-refractivity contribution in [2.24, 2.45) is 5.73 Å². The van der Waals surface area contributed by atoms with E-state index in [1.807, 2.05) is 0 Å². The molecule has 0 saturated heterocycles. The minimum absolute atomic E-state index is 0.0131. The summed E-state index contributed by atoms with van der Waals surface area (Å²) in [5.41, 5.74) is 4.71. The largest absolute Gasteiger partial charge is 0.462 e. The van der Waals surface area contributed by atoms with Crippen LogP contribution in [0.5, 0.6) is 0 Å². The molecule has 1 aliphatic carbocycles. The summed E-state index contributed by atoms with van der Waals surface area (Å²) >= 11 is 6.76. The predicted molar refractivity (Wildman–Crippen MR) is 111 cm³/mol. The van der Waals surface area contributed by atoms with Gasteiger partial charge >= 0.3 is 12.1 Å². The van der Waals surface area contributed by atoms with Crippen LogP contribution in [-0.2, 0) is 22.3 Å². The standard InChI is InChI=1S/C19H20ClF3N4O4S/c1-3-31-18(30)11-8(2)14(16(24)29)32-17(11)25-10(28)6-7-27-13(9-4-5-9)12(20)15(26-27)19(21,22)23/h9H,3-7H2,1-2H3,(H2,24,29)(H,25,28). The van der Waals surface area contributed by atoms with Crippen LogP contribution in [0.4, 0.5) is 18.2 Å². The van der Waals surface area contributed by atoms with Crippen LogP contribution in [0.3, 0.4) is 0 Å². The van der Waals surface area contributed by atoms with Gasteiger partial charge in [0.05, 0.1) is 34.3 Å². The maximum absolute atomic E-state index is 13.2. The molecule has 0 spiro atoms. The number of carbonyl (C=O) groups is 3. The number of nitrogens with zero attached hydrogens (tertiary/aromatic N) is 2. The van der Waals surface area contributed by atoms with E-state index >= 15 is 0 Å². The van der Waals surface area contributed by atoms with Gasteiger partial charge in [0.2, 0.25) is 5.91 Å². The number of aryl methyl sites for hydroxylation is 1. The van der Waals surface area contributed by atoms with Crippen molar-refractivity contribution in [1.82, 2.24) is 9.78 Å². The lowest BCUT2D eigenvalue weighted by molar-refractivity contribution is -0.141. The molecule has 1 fully saturated rings. The number of hydrogen-bond acceptors (Lipinski definition) is 6. The summed E-state index contributed by atoms with van der Waals surface area (Å²) in [6.45, 7) is 3.05. The maximum atomic E-state index is 13.2. The number of thiophene rings is 1. The molecule has 13 heteroatoms. The van der Waals surface area contributed by atoms with Crippen molar-refractivity contribution in [3.05, 3.63) is 32.4 Å². The van der Waals surface area contributed by atoms with Crippen molar-refractivity contribution < 1.29 is 32.3 Å². The van der Waals surface area contributed by atoms with Crippen LogP contribution in [-0.4, -0.2) is 34.2 Å². The first-order chi connectivity index (χ1) is 15.0. The molecule has 1 aliphatic rings. The molecular weight excluding hydrogens is 473 g/mol. The Morgan fingerprint density at radius 1 is 1.34 bits per heavy atom. The summed E-state index contributed by atoms with van der Waals surface area (Å²) in [6, 6.07) is 0. The number of hydrogen-bond donors (Lipinski definition) is 2. The fraction of sp³-hybridized carbons (Fsp3) is 0.474. The number of primary amides is 1. The molecule has 0 aromatic carbocycles. The van der Waals surface area contributed by atoms with E-state index in [1.165, 1.54) is 6.92 Å². The second kappa shape index (κ2) is 9.10. The molecule has 2 aromatic rings. The van der Waals surface area contributed by atoms with Gasteiger partial charge in [0.25, 0.3) is 5.91 Å². The number of esters is 1. The number of rotatable bonds is 8. The van der Waals surface area contributed by atoms with Crippen molar-refractivity contribution >= 4 is 45.7 Å². The molecule has 3 N–H and O–H groups in total. The first kappa shape index (κ1) is 24.1. The molecule has 2 heterocycles. The van der Waals surface area contributed by atoms with Gasteiger partial charge in [-0.25, -0.2) is 4.79 Å². The van der Waals surface area contributed by atoms with Crippen molar-refractivity contribution in [2.75, 3.05) is 11.9 Å². The highest BCUT2D eigenvalue weighted by molar-refractivity contribution is 7.18. The van der Waals surface area contributed by atoms with Gasteiger partial charge in [0.1, 0.15) is 5.00 Å². The number of carbonyl (C=O) groups excluding carboxylic acids is 3. The molecule has 32 heavy (non-hydrogen) atoms. The second-order valence-corrected chi connectivity index (χ2v) is 8.58. The number of amides is 2. The third-order valence-electron chi connectivity index (χ3n) is 4.82. The van der Waals surface area contributed by atoms with Crippen molar-refractivity contribution in [3.8, 4) is 0 Å². The molecule has 8 nitrogen and oxygen atoms in total. The van der Waals surface area contributed by atoms with Crippen LogP contribution >= 0.6 is 22.9 Å². The van der Waals surface area contributed by atoms with Gasteiger partial charge in [-0.15, -0.1) is 11.3 Å². The zero-order valence-electron chi connectivity index (χ0n) is 17.1. The maximum Gasteiger partial charge on any atom is 0.436 e. The Hall–Kier alpha value is -2.60. The molecule has 0 unspecified atom stereocenters. The van der Waals surface area contributed by atoms with Crippen LogP contribution in [0.1, 0.15) is 69.1 Å². The Kier molecular flexibility index (Phi) is 6.84. The van der Waals surface area contributed by atoms with Crippen molar-refractivity contribution in [2.45, 2.75) is 51.7 Å². The Labute approximate surface area is 189 Å². The molecule has 0 radical (unpaired) electrons. The van der Waals surface area contributed by atoms with Gasteiger partial charge in [-0.05, 0) is 32.3 Å². The average molecular weight is 493 g/mol. The third kappa shape index (κ3) is 4.90. The summed E-state index contributed by atoms with van der Waals surface area (Å²) in [7, 11) is 0. The minimum atomic E-state index is -4.71. The SMILES string of the molecule is CCOC(=O)c1c(NC(=O)CCn2nc(C(F)(F)F)c(Cl)c2C2CC2)sc(C(N)=O)c1C. The Morgan fingerprint density at radius 2 is 2.00 bits per heavy atom. The summed E-state index contributed by atoms with van der Waals surface area (Å²) in [4.78, 5) is 36.5. The van der Waals surface area contributed by atoms with E-state index in [2.05, 4.69) is 10.4 Å². The first-order valence-electron chi connectivity index (χ1n) is 9.69. The molecule has 2 aromatic heterocycles. The minimum Gasteiger partial charge on any atom is -0.462 e. The van der Waals surface area contributed by atoms with Crippen LogP contribution in [0.2, 0.25) is 5.02 Å². The van der Waals surface area contributed by atoms with E-state index in [0.717, 1.165) is 16.0 Å². The second-order valence-electron chi connectivity index (χ2n) is 7.19. The number of halogens is 4. The third-order valence-corrected chi connectivity index (χ3v) is 6.41. The molecule has 2 amide bonds. The summed E-state index contributed by atoms with van der Waals surface area (Å²) in [5.74, 6) is -2.20. The molecule has 0 bridgehead atoms. The Balaban J connectivity index is 1.80. The van der Waals surface area contributed by atoms with E-state index in [-0.39, 0.29) is 52.2 Å². The van der Waals surface area contributed by atoms with Crippen LogP contribution in [0.15, 0.2) is 0 Å². The molecule has 3 rings (SSSR count). The molecule has 0 atom stereocenters. The van der Waals surface area contributed by atoms with E-state index in [9.17, 15) is 27.6 Å².